The molecule has 21 heavy (non-hydrogen) atoms. The van der Waals surface area contributed by atoms with Crippen molar-refractivity contribution in [2.75, 3.05) is 5.32 Å². The van der Waals surface area contributed by atoms with Crippen LogP contribution in [-0.2, 0) is 0 Å². The smallest absolute Gasteiger partial charge is 0.134 e. The maximum Gasteiger partial charge on any atom is 0.134 e. The minimum Gasteiger partial charge on any atom is -0.363 e. The molecule has 3 aromatic rings. The molecule has 0 aliphatic heterocycles. The topological polar surface area (TPSA) is 24.9 Å². The van der Waals surface area contributed by atoms with Gasteiger partial charge in [-0.1, -0.05) is 40.2 Å². The first-order valence-electron chi connectivity index (χ1n) is 6.70. The van der Waals surface area contributed by atoms with Crippen LogP contribution in [0.5, 0.6) is 0 Å². The third-order valence-electron chi connectivity index (χ3n) is 3.45. The number of hydrogen-bond donors (Lipinski definition) is 1. The average Bonchev–Trinajstić information content (AvgIpc) is 2.48. The Bertz CT molecular complexity index is 789. The van der Waals surface area contributed by atoms with E-state index >= 15 is 0 Å². The standard InChI is InChI=1S/C17H14BrFN2/c1-11(12-4-2-5-13(19)10-12)21-17-15-6-3-7-16(18)14(15)8-9-20-17/h2-11H,1H3,(H,20,21). The van der Waals surface area contributed by atoms with Gasteiger partial charge >= 0.3 is 0 Å². The summed E-state index contributed by atoms with van der Waals surface area (Å²) in [5.74, 6) is 0.570. The molecular formula is C17H14BrFN2. The first-order chi connectivity index (χ1) is 10.1. The van der Waals surface area contributed by atoms with E-state index in [-0.39, 0.29) is 11.9 Å². The summed E-state index contributed by atoms with van der Waals surface area (Å²) < 4.78 is 14.4. The van der Waals surface area contributed by atoms with E-state index in [1.165, 1.54) is 6.07 Å². The van der Waals surface area contributed by atoms with Gasteiger partial charge in [0.15, 0.2) is 0 Å². The molecule has 0 bridgehead atoms. The number of pyridine rings is 1. The Morgan fingerprint density at radius 3 is 2.71 bits per heavy atom. The Kier molecular flexibility index (Phi) is 3.88. The molecule has 1 heterocycles. The van der Waals surface area contributed by atoms with Gasteiger partial charge in [-0.05, 0) is 36.8 Å². The number of nitrogens with zero attached hydrogens (tertiary/aromatic N) is 1. The molecule has 0 aliphatic carbocycles. The molecule has 0 fully saturated rings. The van der Waals surface area contributed by atoms with Crippen molar-refractivity contribution in [2.24, 2.45) is 0 Å². The lowest BCUT2D eigenvalue weighted by molar-refractivity contribution is 0.623. The second-order valence-corrected chi connectivity index (χ2v) is 5.77. The summed E-state index contributed by atoms with van der Waals surface area (Å²) >= 11 is 3.55. The molecule has 1 atom stereocenters. The van der Waals surface area contributed by atoms with E-state index in [1.807, 2.05) is 37.3 Å². The maximum atomic E-state index is 13.3. The van der Waals surface area contributed by atoms with Gasteiger partial charge in [0.2, 0.25) is 0 Å². The molecule has 0 radical (unpaired) electrons. The van der Waals surface area contributed by atoms with E-state index in [1.54, 1.807) is 18.3 Å². The third-order valence-corrected chi connectivity index (χ3v) is 4.15. The molecule has 0 spiro atoms. The van der Waals surface area contributed by atoms with E-state index in [0.717, 1.165) is 26.6 Å². The van der Waals surface area contributed by atoms with E-state index < -0.39 is 0 Å². The van der Waals surface area contributed by atoms with Crippen molar-refractivity contribution in [3.63, 3.8) is 0 Å². The van der Waals surface area contributed by atoms with Gasteiger partial charge in [-0.3, -0.25) is 0 Å². The summed E-state index contributed by atoms with van der Waals surface area (Å²) in [5, 5.41) is 5.49. The summed E-state index contributed by atoms with van der Waals surface area (Å²) in [5.41, 5.74) is 0.892. The second-order valence-electron chi connectivity index (χ2n) is 4.92. The number of halogens is 2. The van der Waals surface area contributed by atoms with Crippen LogP contribution in [0.15, 0.2) is 59.2 Å². The summed E-state index contributed by atoms with van der Waals surface area (Å²) in [6.45, 7) is 1.99. The van der Waals surface area contributed by atoms with Crippen molar-refractivity contribution in [1.29, 1.82) is 0 Å². The minimum atomic E-state index is -0.227. The number of rotatable bonds is 3. The van der Waals surface area contributed by atoms with Crippen molar-refractivity contribution < 1.29 is 4.39 Å². The third kappa shape index (κ3) is 2.90. The molecule has 0 aliphatic rings. The van der Waals surface area contributed by atoms with E-state index in [2.05, 4.69) is 26.2 Å². The lowest BCUT2D eigenvalue weighted by Gasteiger charge is -2.16. The van der Waals surface area contributed by atoms with Gasteiger partial charge in [0.05, 0.1) is 6.04 Å². The van der Waals surface area contributed by atoms with E-state index in [4.69, 9.17) is 0 Å². The highest BCUT2D eigenvalue weighted by atomic mass is 79.9. The first kappa shape index (κ1) is 14.0. The molecule has 0 saturated heterocycles. The maximum absolute atomic E-state index is 13.3. The zero-order valence-electron chi connectivity index (χ0n) is 11.5. The monoisotopic (exact) mass is 344 g/mol. The van der Waals surface area contributed by atoms with Gasteiger partial charge in [-0.2, -0.15) is 0 Å². The van der Waals surface area contributed by atoms with Crippen LogP contribution in [0.25, 0.3) is 10.8 Å². The van der Waals surface area contributed by atoms with Crippen molar-refractivity contribution >= 4 is 32.5 Å². The predicted molar refractivity (Wildman–Crippen MR) is 87.9 cm³/mol. The normalized spacial score (nSPS) is 12.3. The lowest BCUT2D eigenvalue weighted by Crippen LogP contribution is -2.08. The summed E-state index contributed by atoms with van der Waals surface area (Å²) in [4.78, 5) is 4.41. The Hall–Kier alpha value is -1.94. The van der Waals surface area contributed by atoms with Gasteiger partial charge in [-0.25, -0.2) is 9.37 Å². The molecule has 2 nitrogen and oxygen atoms in total. The quantitative estimate of drug-likeness (QED) is 0.696. The highest BCUT2D eigenvalue weighted by molar-refractivity contribution is 9.10. The van der Waals surface area contributed by atoms with E-state index in [0.29, 0.717) is 0 Å². The molecule has 1 N–H and O–H groups in total. The highest BCUT2D eigenvalue weighted by Gasteiger charge is 2.10. The molecule has 0 amide bonds. The van der Waals surface area contributed by atoms with Crippen LogP contribution in [0, 0.1) is 5.82 Å². The Morgan fingerprint density at radius 2 is 1.90 bits per heavy atom. The van der Waals surface area contributed by atoms with Gasteiger partial charge in [0, 0.05) is 21.4 Å². The number of nitrogens with one attached hydrogen (secondary N) is 1. The van der Waals surface area contributed by atoms with Crippen LogP contribution >= 0.6 is 15.9 Å². The Morgan fingerprint density at radius 1 is 1.10 bits per heavy atom. The summed E-state index contributed by atoms with van der Waals surface area (Å²) in [7, 11) is 0. The predicted octanol–water partition coefficient (Wildman–Crippen LogP) is 5.31. The Labute approximate surface area is 131 Å². The molecular weight excluding hydrogens is 331 g/mol. The fourth-order valence-electron chi connectivity index (χ4n) is 2.35. The molecule has 1 unspecified atom stereocenters. The van der Waals surface area contributed by atoms with Crippen LogP contribution < -0.4 is 5.32 Å². The second kappa shape index (κ2) is 5.82. The molecule has 1 aromatic heterocycles. The van der Waals surface area contributed by atoms with Crippen LogP contribution in [-0.4, -0.2) is 4.98 Å². The number of benzene rings is 2. The first-order valence-corrected chi connectivity index (χ1v) is 7.49. The largest absolute Gasteiger partial charge is 0.363 e. The molecule has 106 valence electrons. The number of anilines is 1. The van der Waals surface area contributed by atoms with Crippen LogP contribution in [0.4, 0.5) is 10.2 Å². The summed E-state index contributed by atoms with van der Waals surface area (Å²) in [6, 6.07) is 14.6. The van der Waals surface area contributed by atoms with Gasteiger partial charge in [0.1, 0.15) is 11.6 Å². The SMILES string of the molecule is CC(Nc1nccc2c(Br)cccc12)c1cccc(F)c1. The van der Waals surface area contributed by atoms with E-state index in [9.17, 15) is 4.39 Å². The summed E-state index contributed by atoms with van der Waals surface area (Å²) in [6.07, 6.45) is 1.77. The van der Waals surface area contributed by atoms with Gasteiger partial charge in [-0.15, -0.1) is 0 Å². The number of hydrogen-bond acceptors (Lipinski definition) is 2. The van der Waals surface area contributed by atoms with Crippen molar-refractivity contribution in [3.05, 3.63) is 70.6 Å². The molecule has 4 heteroatoms. The van der Waals surface area contributed by atoms with Gasteiger partial charge < -0.3 is 5.32 Å². The lowest BCUT2D eigenvalue weighted by atomic mass is 10.1. The Balaban J connectivity index is 1.97. The minimum absolute atomic E-state index is 0.0298. The van der Waals surface area contributed by atoms with Crippen LogP contribution in [0.3, 0.4) is 0 Å². The van der Waals surface area contributed by atoms with Gasteiger partial charge in [0.25, 0.3) is 0 Å². The fourth-order valence-corrected chi connectivity index (χ4v) is 2.85. The molecule has 2 aromatic carbocycles. The van der Waals surface area contributed by atoms with Crippen LogP contribution in [0.1, 0.15) is 18.5 Å². The average molecular weight is 345 g/mol. The zero-order valence-corrected chi connectivity index (χ0v) is 13.1. The van der Waals surface area contributed by atoms with Crippen molar-refractivity contribution in [2.45, 2.75) is 13.0 Å². The number of aromatic nitrogens is 1. The fraction of sp³-hybridized carbons (Fsp3) is 0.118. The zero-order chi connectivity index (χ0) is 14.8. The molecule has 3 rings (SSSR count). The van der Waals surface area contributed by atoms with Crippen LogP contribution in [0.2, 0.25) is 0 Å². The molecule has 0 saturated carbocycles. The van der Waals surface area contributed by atoms with Crippen molar-refractivity contribution in [3.8, 4) is 0 Å². The van der Waals surface area contributed by atoms with Crippen molar-refractivity contribution in [1.82, 2.24) is 4.98 Å². The number of fused-ring (bicyclic) bond motifs is 1. The highest BCUT2D eigenvalue weighted by Crippen LogP contribution is 2.29.